The van der Waals surface area contributed by atoms with E-state index in [1.807, 2.05) is 17.5 Å². The molecule has 1 aliphatic heterocycles. The molecule has 4 aromatic rings. The number of benzene rings is 2. The fourth-order valence-corrected chi connectivity index (χ4v) is 6.00. The van der Waals surface area contributed by atoms with Crippen LogP contribution < -0.4 is 10.5 Å². The lowest BCUT2D eigenvalue weighted by Gasteiger charge is -2.36. The van der Waals surface area contributed by atoms with Crippen molar-refractivity contribution in [3.8, 4) is 0 Å². The van der Waals surface area contributed by atoms with Gasteiger partial charge in [-0.25, -0.2) is 4.39 Å². The predicted octanol–water partition coefficient (Wildman–Crippen LogP) is 4.92. The molecule has 194 valence electrons. The number of thiophene rings is 1. The molecule has 8 heteroatoms. The van der Waals surface area contributed by atoms with E-state index < -0.39 is 5.41 Å². The Labute approximate surface area is 219 Å². The van der Waals surface area contributed by atoms with E-state index >= 15 is 0 Å². The minimum atomic E-state index is -0.821. The standard InChI is InChI=1S/C29H32FN3O3S/c1-29(2,28(35)36-3)19-33-24-16-20(4-5-21(24)6-7-27(33)34)8-10-31-11-13-32(14-12-31)25-17-22(30)18-26-23(25)9-15-37-26/h4-7,9,15-18H,8,10-14,19H2,1-3H3. The highest BCUT2D eigenvalue weighted by molar-refractivity contribution is 7.17. The second kappa shape index (κ2) is 10.3. The van der Waals surface area contributed by atoms with Crippen LogP contribution in [0, 0.1) is 11.2 Å². The fourth-order valence-electron chi connectivity index (χ4n) is 5.17. The van der Waals surface area contributed by atoms with Crippen LogP contribution in [0.15, 0.2) is 58.7 Å². The van der Waals surface area contributed by atoms with Crippen LogP contribution in [0.3, 0.4) is 0 Å². The Morgan fingerprint density at radius 2 is 1.81 bits per heavy atom. The normalized spacial score (nSPS) is 15.0. The van der Waals surface area contributed by atoms with Gasteiger partial charge in [-0.05, 0) is 66.9 Å². The molecule has 3 heterocycles. The zero-order valence-electron chi connectivity index (χ0n) is 21.5. The summed E-state index contributed by atoms with van der Waals surface area (Å²) in [6, 6.07) is 14.9. The molecule has 0 amide bonds. The van der Waals surface area contributed by atoms with E-state index in [1.54, 1.807) is 48.0 Å². The van der Waals surface area contributed by atoms with Crippen molar-refractivity contribution in [1.82, 2.24) is 9.47 Å². The van der Waals surface area contributed by atoms with Gasteiger partial charge >= 0.3 is 5.97 Å². The Bertz CT molecular complexity index is 1500. The molecule has 0 atom stereocenters. The van der Waals surface area contributed by atoms with Crippen LogP contribution in [0.1, 0.15) is 19.4 Å². The Kier molecular flexibility index (Phi) is 7.05. The topological polar surface area (TPSA) is 54.8 Å². The highest BCUT2D eigenvalue weighted by atomic mass is 32.1. The van der Waals surface area contributed by atoms with Gasteiger partial charge in [-0.15, -0.1) is 11.3 Å². The average Bonchev–Trinajstić information content (AvgIpc) is 3.37. The van der Waals surface area contributed by atoms with Crippen molar-refractivity contribution >= 4 is 44.0 Å². The SMILES string of the molecule is COC(=O)C(C)(C)Cn1c(=O)ccc2ccc(CCN3CCN(c4cc(F)cc5sccc45)CC3)cc21. The molecule has 0 radical (unpaired) electrons. The summed E-state index contributed by atoms with van der Waals surface area (Å²) in [5, 5.41) is 4.11. The first kappa shape index (κ1) is 25.4. The van der Waals surface area contributed by atoms with Gasteiger partial charge in [-0.2, -0.15) is 0 Å². The quantitative estimate of drug-likeness (QED) is 0.323. The van der Waals surface area contributed by atoms with Crippen LogP contribution in [0.5, 0.6) is 0 Å². The summed E-state index contributed by atoms with van der Waals surface area (Å²) in [6.07, 6.45) is 0.855. The smallest absolute Gasteiger partial charge is 0.313 e. The predicted molar refractivity (Wildman–Crippen MR) is 148 cm³/mol. The number of anilines is 1. The van der Waals surface area contributed by atoms with Crippen molar-refractivity contribution in [1.29, 1.82) is 0 Å². The molecule has 2 aromatic carbocycles. The number of carbonyl (C=O) groups is 1. The highest BCUT2D eigenvalue weighted by Crippen LogP contribution is 2.32. The van der Waals surface area contributed by atoms with E-state index in [0.29, 0.717) is 0 Å². The molecule has 0 unspecified atom stereocenters. The lowest BCUT2D eigenvalue weighted by atomic mass is 9.93. The highest BCUT2D eigenvalue weighted by Gasteiger charge is 2.30. The molecule has 5 rings (SSSR count). The van der Waals surface area contributed by atoms with Crippen LogP contribution >= 0.6 is 11.3 Å². The van der Waals surface area contributed by atoms with Gasteiger partial charge in [0.05, 0.1) is 18.0 Å². The Hall–Kier alpha value is -3.23. The first-order valence-corrected chi connectivity index (χ1v) is 13.5. The number of esters is 1. The molecule has 0 aliphatic carbocycles. The third-order valence-electron chi connectivity index (χ3n) is 7.29. The van der Waals surface area contributed by atoms with Gasteiger partial charge in [0.2, 0.25) is 0 Å². The van der Waals surface area contributed by atoms with Gasteiger partial charge in [0, 0.05) is 61.1 Å². The van der Waals surface area contributed by atoms with Gasteiger partial charge in [0.1, 0.15) is 5.82 Å². The fraction of sp³-hybridized carbons (Fsp3) is 0.379. The summed E-state index contributed by atoms with van der Waals surface area (Å²) >= 11 is 1.57. The number of aromatic nitrogens is 1. The van der Waals surface area contributed by atoms with Crippen molar-refractivity contribution < 1.29 is 13.9 Å². The van der Waals surface area contributed by atoms with E-state index in [0.717, 1.165) is 71.4 Å². The Balaban J connectivity index is 1.27. The first-order valence-electron chi connectivity index (χ1n) is 12.6. The van der Waals surface area contributed by atoms with Crippen LogP contribution in [0.4, 0.5) is 10.1 Å². The number of ether oxygens (including phenoxy) is 1. The second-order valence-corrected chi connectivity index (χ2v) is 11.3. The molecule has 0 saturated carbocycles. The summed E-state index contributed by atoms with van der Waals surface area (Å²) in [5.74, 6) is -0.526. The van der Waals surface area contributed by atoms with Crippen LogP contribution in [-0.4, -0.2) is 55.3 Å². The number of carbonyl (C=O) groups excluding carboxylic acids is 1. The van der Waals surface area contributed by atoms with Crippen LogP contribution in [0.2, 0.25) is 0 Å². The van der Waals surface area contributed by atoms with Crippen molar-refractivity contribution in [2.75, 3.05) is 44.7 Å². The minimum absolute atomic E-state index is 0.130. The average molecular weight is 522 g/mol. The van der Waals surface area contributed by atoms with E-state index in [9.17, 15) is 14.0 Å². The number of pyridine rings is 1. The molecule has 2 aromatic heterocycles. The molecule has 1 fully saturated rings. The third-order valence-corrected chi connectivity index (χ3v) is 8.16. The van der Waals surface area contributed by atoms with Crippen molar-refractivity contribution in [2.45, 2.75) is 26.8 Å². The molecular formula is C29H32FN3O3S. The molecule has 1 aliphatic rings. The first-order chi connectivity index (χ1) is 17.7. The molecule has 0 bridgehead atoms. The summed E-state index contributed by atoms with van der Waals surface area (Å²) in [7, 11) is 1.37. The van der Waals surface area contributed by atoms with Gasteiger partial charge in [-0.3, -0.25) is 14.5 Å². The van der Waals surface area contributed by atoms with E-state index in [-0.39, 0.29) is 23.9 Å². The zero-order chi connectivity index (χ0) is 26.2. The number of hydrogen-bond acceptors (Lipinski definition) is 6. The number of piperazine rings is 1. The summed E-state index contributed by atoms with van der Waals surface area (Å²) in [6.45, 7) is 8.27. The van der Waals surface area contributed by atoms with E-state index in [1.165, 1.54) is 7.11 Å². The van der Waals surface area contributed by atoms with Gasteiger partial charge in [0.15, 0.2) is 0 Å². The second-order valence-electron chi connectivity index (χ2n) is 10.4. The third kappa shape index (κ3) is 5.26. The lowest BCUT2D eigenvalue weighted by molar-refractivity contribution is -0.151. The maximum absolute atomic E-state index is 14.2. The molecule has 0 N–H and O–H groups in total. The maximum Gasteiger partial charge on any atom is 0.313 e. The molecule has 6 nitrogen and oxygen atoms in total. The van der Waals surface area contributed by atoms with Crippen LogP contribution in [-0.2, 0) is 22.5 Å². The van der Waals surface area contributed by atoms with Crippen molar-refractivity contribution in [3.63, 3.8) is 0 Å². The number of methoxy groups -OCH3 is 1. The summed E-state index contributed by atoms with van der Waals surface area (Å²) < 4.78 is 21.8. The number of fused-ring (bicyclic) bond motifs is 2. The van der Waals surface area contributed by atoms with Crippen LogP contribution in [0.25, 0.3) is 21.0 Å². The maximum atomic E-state index is 14.2. The monoisotopic (exact) mass is 521 g/mol. The van der Waals surface area contributed by atoms with Gasteiger partial charge in [-0.1, -0.05) is 12.1 Å². The largest absolute Gasteiger partial charge is 0.469 e. The van der Waals surface area contributed by atoms with E-state index in [4.69, 9.17) is 4.74 Å². The summed E-state index contributed by atoms with van der Waals surface area (Å²) in [4.78, 5) is 29.7. The van der Waals surface area contributed by atoms with E-state index in [2.05, 4.69) is 28.0 Å². The molecule has 0 spiro atoms. The number of halogens is 1. The zero-order valence-corrected chi connectivity index (χ0v) is 22.3. The van der Waals surface area contributed by atoms with Crippen molar-refractivity contribution in [3.05, 3.63) is 75.6 Å². The number of nitrogens with zero attached hydrogens (tertiary/aromatic N) is 3. The van der Waals surface area contributed by atoms with Gasteiger partial charge in [0.25, 0.3) is 5.56 Å². The Morgan fingerprint density at radius 3 is 2.57 bits per heavy atom. The molecular weight excluding hydrogens is 489 g/mol. The van der Waals surface area contributed by atoms with Crippen molar-refractivity contribution in [2.24, 2.45) is 5.41 Å². The number of hydrogen-bond donors (Lipinski definition) is 0. The molecule has 1 saturated heterocycles. The number of rotatable bonds is 7. The van der Waals surface area contributed by atoms with Gasteiger partial charge < -0.3 is 14.2 Å². The minimum Gasteiger partial charge on any atom is -0.469 e. The summed E-state index contributed by atoms with van der Waals surface area (Å²) in [5.41, 5.74) is 2.01. The lowest BCUT2D eigenvalue weighted by Crippen LogP contribution is -2.47. The Morgan fingerprint density at radius 1 is 1.05 bits per heavy atom. The molecule has 37 heavy (non-hydrogen) atoms.